The van der Waals surface area contributed by atoms with Gasteiger partial charge in [-0.15, -0.1) is 10.2 Å². The summed E-state index contributed by atoms with van der Waals surface area (Å²) in [5.41, 5.74) is 4.22. The second kappa shape index (κ2) is 6.26. The Kier molecular flexibility index (Phi) is 3.93. The molecule has 126 valence electrons. The Labute approximate surface area is 147 Å². The zero-order valence-electron chi connectivity index (χ0n) is 14.6. The number of rotatable bonds is 3. The largest absolute Gasteiger partial charge is 0.287 e. The molecule has 0 saturated carbocycles. The molecule has 5 heteroatoms. The number of aromatic nitrogens is 3. The summed E-state index contributed by atoms with van der Waals surface area (Å²) in [7, 11) is 0. The van der Waals surface area contributed by atoms with Gasteiger partial charge in [-0.2, -0.15) is 0 Å². The molecule has 0 bridgehead atoms. The van der Waals surface area contributed by atoms with Gasteiger partial charge in [0, 0.05) is 17.2 Å². The van der Waals surface area contributed by atoms with Crippen molar-refractivity contribution in [1.29, 1.82) is 0 Å². The Bertz CT molecular complexity index is 924. The first-order chi connectivity index (χ1) is 12.1. The van der Waals surface area contributed by atoms with Crippen LogP contribution in [-0.2, 0) is 0 Å². The van der Waals surface area contributed by atoms with Gasteiger partial charge in [0.25, 0.3) is 0 Å². The van der Waals surface area contributed by atoms with E-state index in [1.54, 1.807) is 0 Å². The number of para-hydroxylation sites is 1. The molecule has 0 unspecified atom stereocenters. The molecule has 3 aromatic rings. The fourth-order valence-electron chi connectivity index (χ4n) is 3.23. The molecule has 0 amide bonds. The fraction of sp³-hybridized carbons (Fsp3) is 0.250. The topological polar surface area (TPSA) is 55.1 Å². The van der Waals surface area contributed by atoms with E-state index in [4.69, 9.17) is 4.99 Å². The average Bonchev–Trinajstić information content (AvgIpc) is 2.94. The van der Waals surface area contributed by atoms with E-state index in [2.05, 4.69) is 58.2 Å². The third-order valence-corrected chi connectivity index (χ3v) is 4.29. The van der Waals surface area contributed by atoms with Crippen molar-refractivity contribution in [3.8, 4) is 5.69 Å². The minimum absolute atomic E-state index is 0.246. The van der Waals surface area contributed by atoms with E-state index in [-0.39, 0.29) is 12.2 Å². The van der Waals surface area contributed by atoms with Gasteiger partial charge in [0.2, 0.25) is 0 Å². The Morgan fingerprint density at radius 3 is 2.44 bits per heavy atom. The second-order valence-corrected chi connectivity index (χ2v) is 6.53. The first-order valence-electron chi connectivity index (χ1n) is 8.56. The summed E-state index contributed by atoms with van der Waals surface area (Å²) in [6, 6.07) is 18.9. The maximum absolute atomic E-state index is 5.06. The highest BCUT2D eigenvalue weighted by atomic mass is 15.3. The maximum Gasteiger partial charge on any atom is 0.177 e. The third-order valence-electron chi connectivity index (χ3n) is 4.29. The Hall–Kier alpha value is -2.79. The van der Waals surface area contributed by atoms with Gasteiger partial charge in [-0.3, -0.25) is 14.9 Å². The summed E-state index contributed by atoms with van der Waals surface area (Å²) in [5.74, 6) is 1.69. The van der Waals surface area contributed by atoms with Crippen molar-refractivity contribution in [3.05, 3.63) is 77.4 Å². The van der Waals surface area contributed by atoms with E-state index in [1.165, 1.54) is 0 Å². The van der Waals surface area contributed by atoms with Crippen molar-refractivity contribution >= 4 is 5.71 Å². The van der Waals surface area contributed by atoms with Gasteiger partial charge in [0.1, 0.15) is 5.82 Å². The van der Waals surface area contributed by atoms with Crippen LogP contribution in [0.3, 0.4) is 0 Å². The predicted molar refractivity (Wildman–Crippen MR) is 99.2 cm³/mol. The summed E-state index contributed by atoms with van der Waals surface area (Å²) in [6.45, 7) is 6.21. The highest BCUT2D eigenvalue weighted by Gasteiger charge is 2.27. The quantitative estimate of drug-likeness (QED) is 0.800. The predicted octanol–water partition coefficient (Wildman–Crippen LogP) is 3.42. The Morgan fingerprint density at radius 2 is 1.68 bits per heavy atom. The first-order valence-corrected chi connectivity index (χ1v) is 8.56. The smallest absolute Gasteiger partial charge is 0.177 e. The number of aryl methyl sites for hydroxylation is 1. The van der Waals surface area contributed by atoms with E-state index in [0.29, 0.717) is 0 Å². The van der Waals surface area contributed by atoms with Crippen LogP contribution in [0.5, 0.6) is 0 Å². The normalized spacial score (nSPS) is 16.2. The molecule has 0 spiro atoms. The van der Waals surface area contributed by atoms with Crippen molar-refractivity contribution in [1.82, 2.24) is 20.1 Å². The molecule has 1 aliphatic heterocycles. The molecule has 2 aromatic carbocycles. The number of fused-ring (bicyclic) bond motifs is 3. The van der Waals surface area contributed by atoms with Crippen LogP contribution in [0.1, 0.15) is 42.8 Å². The van der Waals surface area contributed by atoms with E-state index in [9.17, 15) is 0 Å². The van der Waals surface area contributed by atoms with Crippen LogP contribution in [0.25, 0.3) is 5.69 Å². The summed E-state index contributed by atoms with van der Waals surface area (Å²) in [5, 5.41) is 12.2. The van der Waals surface area contributed by atoms with E-state index >= 15 is 0 Å². The van der Waals surface area contributed by atoms with E-state index in [1.807, 2.05) is 37.3 Å². The SMILES string of the molecule is Cc1nnc2n1-c1ccccc1C(c1ccccc1)=N[C@H]2NC(C)C. The monoisotopic (exact) mass is 331 g/mol. The molecule has 5 nitrogen and oxygen atoms in total. The van der Waals surface area contributed by atoms with Gasteiger partial charge in [-0.1, -0.05) is 48.5 Å². The lowest BCUT2D eigenvalue weighted by atomic mass is 10.0. The van der Waals surface area contributed by atoms with E-state index in [0.717, 1.165) is 34.2 Å². The summed E-state index contributed by atoms with van der Waals surface area (Å²) in [6.07, 6.45) is -0.246. The van der Waals surface area contributed by atoms with Crippen LogP contribution in [-0.4, -0.2) is 26.5 Å². The van der Waals surface area contributed by atoms with Crippen LogP contribution in [0, 0.1) is 6.92 Å². The highest BCUT2D eigenvalue weighted by molar-refractivity contribution is 6.15. The van der Waals surface area contributed by atoms with Crippen LogP contribution < -0.4 is 5.32 Å². The molecule has 0 fully saturated rings. The molecule has 1 aliphatic rings. The molecular formula is C20H21N5. The van der Waals surface area contributed by atoms with Crippen molar-refractivity contribution in [2.24, 2.45) is 4.99 Å². The zero-order chi connectivity index (χ0) is 17.4. The van der Waals surface area contributed by atoms with Crippen molar-refractivity contribution in [2.45, 2.75) is 33.0 Å². The van der Waals surface area contributed by atoms with Gasteiger partial charge in [-0.25, -0.2) is 0 Å². The van der Waals surface area contributed by atoms with Gasteiger partial charge < -0.3 is 0 Å². The number of aliphatic imine (C=N–C) groups is 1. The summed E-state index contributed by atoms with van der Waals surface area (Å²) < 4.78 is 2.11. The lowest BCUT2D eigenvalue weighted by Gasteiger charge is -2.16. The summed E-state index contributed by atoms with van der Waals surface area (Å²) in [4.78, 5) is 5.06. The number of hydrogen-bond donors (Lipinski definition) is 1. The fourth-order valence-corrected chi connectivity index (χ4v) is 3.23. The summed E-state index contributed by atoms with van der Waals surface area (Å²) >= 11 is 0. The minimum Gasteiger partial charge on any atom is -0.287 e. The van der Waals surface area contributed by atoms with Crippen LogP contribution in [0.2, 0.25) is 0 Å². The first kappa shape index (κ1) is 15.7. The molecule has 0 radical (unpaired) electrons. The van der Waals surface area contributed by atoms with Gasteiger partial charge >= 0.3 is 0 Å². The minimum atomic E-state index is -0.246. The molecule has 2 heterocycles. The lowest BCUT2D eigenvalue weighted by molar-refractivity contribution is 0.469. The molecule has 1 N–H and O–H groups in total. The van der Waals surface area contributed by atoms with Crippen LogP contribution in [0.4, 0.5) is 0 Å². The van der Waals surface area contributed by atoms with E-state index < -0.39 is 0 Å². The molecule has 0 aliphatic carbocycles. The average molecular weight is 331 g/mol. The molecule has 1 aromatic heterocycles. The van der Waals surface area contributed by atoms with Gasteiger partial charge in [0.05, 0.1) is 11.4 Å². The van der Waals surface area contributed by atoms with Crippen molar-refractivity contribution < 1.29 is 0 Å². The number of benzene rings is 2. The standard InChI is InChI=1S/C20H21N5/c1-13(2)21-19-20-24-23-14(3)25(20)17-12-8-7-11-16(17)18(22-19)15-9-5-4-6-10-15/h4-13,19,21H,1-3H3/t19-/m1/s1. The van der Waals surface area contributed by atoms with Crippen LogP contribution >= 0.6 is 0 Å². The number of nitrogens with one attached hydrogen (secondary N) is 1. The van der Waals surface area contributed by atoms with Gasteiger partial charge in [0.15, 0.2) is 12.0 Å². The zero-order valence-corrected chi connectivity index (χ0v) is 14.6. The van der Waals surface area contributed by atoms with Gasteiger partial charge in [-0.05, 0) is 26.8 Å². The molecule has 0 saturated heterocycles. The maximum atomic E-state index is 5.06. The second-order valence-electron chi connectivity index (χ2n) is 6.53. The Morgan fingerprint density at radius 1 is 0.960 bits per heavy atom. The highest BCUT2D eigenvalue weighted by Crippen LogP contribution is 2.29. The Balaban J connectivity index is 2.00. The molecular weight excluding hydrogens is 310 g/mol. The lowest BCUT2D eigenvalue weighted by Crippen LogP contribution is -2.29. The molecule has 4 rings (SSSR count). The molecule has 25 heavy (non-hydrogen) atoms. The number of nitrogens with zero attached hydrogens (tertiary/aromatic N) is 4. The van der Waals surface area contributed by atoms with Crippen molar-refractivity contribution in [3.63, 3.8) is 0 Å². The number of hydrogen-bond acceptors (Lipinski definition) is 4. The third kappa shape index (κ3) is 2.76. The van der Waals surface area contributed by atoms with Crippen LogP contribution in [0.15, 0.2) is 59.6 Å². The van der Waals surface area contributed by atoms with Crippen molar-refractivity contribution in [2.75, 3.05) is 0 Å². The molecule has 1 atom stereocenters.